The third-order valence-corrected chi connectivity index (χ3v) is 5.57. The number of aromatic nitrogens is 2. The van der Waals surface area contributed by atoms with Crippen molar-refractivity contribution in [3.05, 3.63) is 53.0 Å². The van der Waals surface area contributed by atoms with Crippen molar-refractivity contribution in [2.24, 2.45) is 12.0 Å². The number of imidazole rings is 1. The first-order valence-electron chi connectivity index (χ1n) is 7.35. The Bertz CT molecular complexity index is 1010. The molecule has 9 heteroatoms. The number of nitrogens with zero attached hydrogens (tertiary/aromatic N) is 4. The van der Waals surface area contributed by atoms with E-state index >= 15 is 0 Å². The summed E-state index contributed by atoms with van der Waals surface area (Å²) in [4.78, 5) is 10.0. The fraction of sp³-hybridized carbons (Fsp3) is 0.250. The number of rotatable bonds is 3. The number of aliphatic imine (C=N–C) groups is 1. The number of hydrogen-bond donors (Lipinski definition) is 0. The second-order valence-corrected chi connectivity index (χ2v) is 8.12. The van der Waals surface area contributed by atoms with Crippen molar-refractivity contribution in [2.75, 3.05) is 17.8 Å². The Morgan fingerprint density at radius 1 is 1.32 bits per heavy atom. The average molecular weight is 383 g/mol. The van der Waals surface area contributed by atoms with Gasteiger partial charge in [-0.05, 0) is 25.1 Å². The number of anilines is 1. The summed E-state index contributed by atoms with van der Waals surface area (Å²) >= 11 is 6.05. The number of aryl methyl sites for hydroxylation is 1. The van der Waals surface area contributed by atoms with Gasteiger partial charge in [0.15, 0.2) is 15.7 Å². The first-order valence-corrected chi connectivity index (χ1v) is 9.62. The Morgan fingerprint density at radius 2 is 2.04 bits per heavy atom. The van der Waals surface area contributed by atoms with E-state index in [4.69, 9.17) is 11.6 Å². The third-order valence-electron chi connectivity index (χ3n) is 3.99. The highest BCUT2D eigenvalue weighted by Gasteiger charge is 2.21. The highest BCUT2D eigenvalue weighted by Crippen LogP contribution is 2.29. The maximum atomic E-state index is 14.5. The Hall–Kier alpha value is -2.19. The van der Waals surface area contributed by atoms with Crippen molar-refractivity contribution in [1.82, 2.24) is 9.55 Å². The van der Waals surface area contributed by atoms with Crippen LogP contribution >= 0.6 is 11.6 Å². The molecule has 25 heavy (non-hydrogen) atoms. The lowest BCUT2D eigenvalue weighted by molar-refractivity contribution is 0.602. The largest absolute Gasteiger partial charge is 0.330 e. The van der Waals surface area contributed by atoms with E-state index in [-0.39, 0.29) is 22.3 Å². The first-order chi connectivity index (χ1) is 11.7. The van der Waals surface area contributed by atoms with Crippen LogP contribution in [0.5, 0.6) is 0 Å². The summed E-state index contributed by atoms with van der Waals surface area (Å²) in [5, 5.41) is 0.0887. The first kappa shape index (κ1) is 17.6. The van der Waals surface area contributed by atoms with Gasteiger partial charge in [-0.25, -0.2) is 17.8 Å². The summed E-state index contributed by atoms with van der Waals surface area (Å²) < 4.78 is 39.6. The lowest BCUT2D eigenvalue weighted by Gasteiger charge is -2.23. The summed E-state index contributed by atoms with van der Waals surface area (Å²) in [5.41, 5.74) is 1.38. The quantitative estimate of drug-likeness (QED) is 0.818. The molecule has 0 saturated heterocycles. The second kappa shape index (κ2) is 6.27. The van der Waals surface area contributed by atoms with E-state index in [1.807, 2.05) is 6.92 Å². The zero-order chi connectivity index (χ0) is 18.4. The van der Waals surface area contributed by atoms with Crippen LogP contribution in [0, 0.1) is 6.92 Å². The zero-order valence-corrected chi connectivity index (χ0v) is 15.4. The molecule has 2 heterocycles. The van der Waals surface area contributed by atoms with Crippen molar-refractivity contribution in [3.8, 4) is 0 Å². The van der Waals surface area contributed by atoms with Crippen LogP contribution < -0.4 is 4.90 Å². The van der Waals surface area contributed by atoms with Crippen molar-refractivity contribution in [2.45, 2.75) is 11.8 Å². The van der Waals surface area contributed by atoms with Crippen molar-refractivity contribution >= 4 is 32.8 Å². The van der Waals surface area contributed by atoms with Crippen LogP contribution in [0.2, 0.25) is 5.02 Å². The van der Waals surface area contributed by atoms with Gasteiger partial charge in [-0.1, -0.05) is 11.6 Å². The summed E-state index contributed by atoms with van der Waals surface area (Å²) in [6.07, 6.45) is 3.98. The smallest absolute Gasteiger partial charge is 0.176 e. The van der Waals surface area contributed by atoms with E-state index < -0.39 is 15.7 Å². The van der Waals surface area contributed by atoms with Gasteiger partial charge in [0, 0.05) is 25.2 Å². The maximum absolute atomic E-state index is 14.5. The predicted molar refractivity (Wildman–Crippen MR) is 95.6 cm³/mol. The lowest BCUT2D eigenvalue weighted by Crippen LogP contribution is -2.25. The highest BCUT2D eigenvalue weighted by atomic mass is 35.5. The molecule has 1 aromatic heterocycles. The predicted octanol–water partition coefficient (Wildman–Crippen LogP) is 2.86. The number of allylic oxidation sites excluding steroid dienone is 1. The van der Waals surface area contributed by atoms with Crippen molar-refractivity contribution < 1.29 is 12.8 Å². The number of halogens is 2. The molecular weight excluding hydrogens is 367 g/mol. The molecule has 1 aliphatic heterocycles. The minimum absolute atomic E-state index is 0.0360. The Labute approximate surface area is 150 Å². The molecule has 1 aromatic carbocycles. The fourth-order valence-electron chi connectivity index (χ4n) is 2.51. The van der Waals surface area contributed by atoms with E-state index in [1.165, 1.54) is 18.3 Å². The van der Waals surface area contributed by atoms with Gasteiger partial charge in [0.25, 0.3) is 0 Å². The van der Waals surface area contributed by atoms with Crippen LogP contribution in [0.15, 0.2) is 46.3 Å². The maximum Gasteiger partial charge on any atom is 0.176 e. The van der Waals surface area contributed by atoms with E-state index in [0.717, 1.165) is 12.1 Å². The molecule has 0 bridgehead atoms. The zero-order valence-electron chi connectivity index (χ0n) is 13.9. The van der Waals surface area contributed by atoms with E-state index in [9.17, 15) is 12.8 Å². The Balaban J connectivity index is 1.91. The summed E-state index contributed by atoms with van der Waals surface area (Å²) in [7, 11) is -1.62. The molecule has 0 aliphatic carbocycles. The minimum atomic E-state index is -3.42. The molecule has 2 aromatic rings. The van der Waals surface area contributed by atoms with Gasteiger partial charge in [0.2, 0.25) is 0 Å². The molecule has 0 N–H and O–H groups in total. The molecule has 0 unspecified atom stereocenters. The summed E-state index contributed by atoms with van der Waals surface area (Å²) in [6, 6.07) is 4.46. The normalized spacial score (nSPS) is 15.2. The van der Waals surface area contributed by atoms with E-state index in [0.29, 0.717) is 11.4 Å². The molecule has 3 rings (SSSR count). The van der Waals surface area contributed by atoms with Crippen LogP contribution in [0.3, 0.4) is 0 Å². The fourth-order valence-corrected chi connectivity index (χ4v) is 3.84. The number of benzene rings is 1. The van der Waals surface area contributed by atoms with Gasteiger partial charge in [-0.2, -0.15) is 0 Å². The molecule has 1 aliphatic rings. The van der Waals surface area contributed by atoms with Crippen LogP contribution in [0.25, 0.3) is 0 Å². The Morgan fingerprint density at radius 3 is 2.56 bits per heavy atom. The molecular formula is C16H16ClFN4O2S. The molecule has 0 amide bonds. The monoisotopic (exact) mass is 382 g/mol. The molecule has 0 spiro atoms. The van der Waals surface area contributed by atoms with Crippen LogP contribution in [-0.2, 0) is 16.9 Å². The molecule has 0 atom stereocenters. The van der Waals surface area contributed by atoms with Crippen LogP contribution in [0.1, 0.15) is 11.5 Å². The van der Waals surface area contributed by atoms with Gasteiger partial charge < -0.3 is 9.47 Å². The third kappa shape index (κ3) is 3.32. The lowest BCUT2D eigenvalue weighted by atomic mass is 10.2. The molecule has 6 nitrogen and oxygen atoms in total. The molecule has 0 radical (unpaired) electrons. The number of sulfone groups is 1. The van der Waals surface area contributed by atoms with Crippen molar-refractivity contribution in [1.29, 1.82) is 0 Å². The van der Waals surface area contributed by atoms with Gasteiger partial charge in [-0.15, -0.1) is 0 Å². The molecule has 0 fully saturated rings. The Kier molecular flexibility index (Phi) is 4.42. The second-order valence-electron chi connectivity index (χ2n) is 5.73. The molecule has 132 valence electrons. The minimum Gasteiger partial charge on any atom is -0.330 e. The van der Waals surface area contributed by atoms with Gasteiger partial charge in [0.05, 0.1) is 21.8 Å². The standard InChI is InChI=1S/C16H16ClFN4O2S/c1-10-19-7-14(21(10)2)16-13(18)8-22(9-20-16)11-4-5-15(12(17)6-11)25(3,23)24/h4-8H,9H2,1-3H3. The highest BCUT2D eigenvalue weighted by molar-refractivity contribution is 7.90. The van der Waals surface area contributed by atoms with Gasteiger partial charge in [0.1, 0.15) is 18.2 Å². The average Bonchev–Trinajstić information content (AvgIpc) is 2.85. The van der Waals surface area contributed by atoms with E-state index in [2.05, 4.69) is 9.98 Å². The summed E-state index contributed by atoms with van der Waals surface area (Å²) in [6.45, 7) is 2.01. The molecule has 0 saturated carbocycles. The van der Waals surface area contributed by atoms with Crippen molar-refractivity contribution in [3.63, 3.8) is 0 Å². The van der Waals surface area contributed by atoms with Crippen LogP contribution in [0.4, 0.5) is 10.1 Å². The number of hydrogen-bond acceptors (Lipinski definition) is 5. The van der Waals surface area contributed by atoms with Crippen LogP contribution in [-0.4, -0.2) is 36.6 Å². The van der Waals surface area contributed by atoms with Gasteiger partial charge in [-0.3, -0.25) is 4.99 Å². The summed E-state index contributed by atoms with van der Waals surface area (Å²) in [5.74, 6) is 0.258. The topological polar surface area (TPSA) is 67.6 Å². The SMILES string of the molecule is Cc1ncc(C2=NCN(c3ccc(S(C)(=O)=O)c(Cl)c3)C=C2F)n1C. The van der Waals surface area contributed by atoms with E-state index in [1.54, 1.807) is 28.8 Å². The van der Waals surface area contributed by atoms with Gasteiger partial charge >= 0.3 is 0 Å².